The molecule has 1 aliphatic heterocycles. The third kappa shape index (κ3) is 6.38. The number of benzene rings is 1. The van der Waals surface area contributed by atoms with Crippen LogP contribution in [0.2, 0.25) is 0 Å². The third-order valence-electron chi connectivity index (χ3n) is 4.73. The average Bonchev–Trinajstić information content (AvgIpc) is 2.66. The molecule has 1 fully saturated rings. The summed E-state index contributed by atoms with van der Waals surface area (Å²) in [6.07, 6.45) is 2.68. The maximum absolute atomic E-state index is 12.7. The molecule has 3 amide bonds. The number of amides is 3. The van der Waals surface area contributed by atoms with Gasteiger partial charge in [0.05, 0.1) is 0 Å². The first-order chi connectivity index (χ1) is 12.9. The fraction of sp³-hybridized carbons (Fsp3) is 0.571. The molecule has 0 aliphatic carbocycles. The van der Waals surface area contributed by atoms with Crippen molar-refractivity contribution in [3.8, 4) is 0 Å². The first-order valence-electron chi connectivity index (χ1n) is 9.87. The van der Waals surface area contributed by atoms with E-state index in [1.807, 2.05) is 6.92 Å². The monoisotopic (exact) mass is 373 g/mol. The first-order valence-corrected chi connectivity index (χ1v) is 9.87. The van der Waals surface area contributed by atoms with Gasteiger partial charge >= 0.3 is 0 Å². The zero-order valence-electron chi connectivity index (χ0n) is 16.6. The Hall–Kier alpha value is -2.37. The van der Waals surface area contributed by atoms with Gasteiger partial charge in [-0.3, -0.25) is 14.4 Å². The Morgan fingerprint density at radius 1 is 1.11 bits per heavy atom. The Kier molecular flexibility index (Phi) is 7.82. The highest BCUT2D eigenvalue weighted by atomic mass is 16.2. The largest absolute Gasteiger partial charge is 0.356 e. The van der Waals surface area contributed by atoms with E-state index in [4.69, 9.17) is 0 Å². The van der Waals surface area contributed by atoms with Crippen molar-refractivity contribution in [3.05, 3.63) is 29.8 Å². The van der Waals surface area contributed by atoms with Crippen molar-refractivity contribution in [2.24, 2.45) is 11.8 Å². The summed E-state index contributed by atoms with van der Waals surface area (Å²) >= 11 is 0. The van der Waals surface area contributed by atoms with Gasteiger partial charge in [0.2, 0.25) is 11.8 Å². The summed E-state index contributed by atoms with van der Waals surface area (Å²) in [5, 5.41) is 5.80. The van der Waals surface area contributed by atoms with Crippen molar-refractivity contribution >= 4 is 23.4 Å². The van der Waals surface area contributed by atoms with E-state index in [0.717, 1.165) is 6.42 Å². The van der Waals surface area contributed by atoms with Crippen LogP contribution in [-0.4, -0.2) is 42.3 Å². The van der Waals surface area contributed by atoms with Crippen molar-refractivity contribution in [1.82, 2.24) is 10.2 Å². The standard InChI is InChI=1S/C21H31N3O3/c1-4-5-19(25)23-18-8-6-17(7-9-18)21(27)24-12-10-16(11-13-24)20(26)22-14-15(2)3/h6-9,15-16H,4-5,10-14H2,1-3H3,(H,22,26)(H,23,25). The van der Waals surface area contributed by atoms with Crippen LogP contribution in [0.4, 0.5) is 5.69 Å². The van der Waals surface area contributed by atoms with Crippen LogP contribution in [-0.2, 0) is 9.59 Å². The summed E-state index contributed by atoms with van der Waals surface area (Å²) in [4.78, 5) is 38.3. The fourth-order valence-electron chi connectivity index (χ4n) is 3.12. The average molecular weight is 373 g/mol. The molecule has 2 N–H and O–H groups in total. The minimum absolute atomic E-state index is 0.0102. The molecule has 1 aromatic rings. The van der Waals surface area contributed by atoms with Crippen molar-refractivity contribution in [2.75, 3.05) is 25.0 Å². The molecule has 6 heteroatoms. The summed E-state index contributed by atoms with van der Waals surface area (Å²) in [5.41, 5.74) is 1.30. The molecule has 0 atom stereocenters. The lowest BCUT2D eigenvalue weighted by Gasteiger charge is -2.31. The molecule has 0 radical (unpaired) electrons. The quantitative estimate of drug-likeness (QED) is 0.771. The summed E-state index contributed by atoms with van der Waals surface area (Å²) in [6, 6.07) is 7.00. The second kappa shape index (κ2) is 10.1. The van der Waals surface area contributed by atoms with Crippen molar-refractivity contribution in [2.45, 2.75) is 46.5 Å². The Morgan fingerprint density at radius 3 is 2.30 bits per heavy atom. The Bertz CT molecular complexity index is 647. The van der Waals surface area contributed by atoms with Crippen LogP contribution in [0.25, 0.3) is 0 Å². The van der Waals surface area contributed by atoms with Crippen molar-refractivity contribution in [3.63, 3.8) is 0 Å². The molecular formula is C21H31N3O3. The molecule has 2 rings (SSSR count). The van der Waals surface area contributed by atoms with Gasteiger partial charge in [0.1, 0.15) is 0 Å². The molecule has 1 heterocycles. The Balaban J connectivity index is 1.84. The molecule has 27 heavy (non-hydrogen) atoms. The lowest BCUT2D eigenvalue weighted by molar-refractivity contribution is -0.126. The number of piperidine rings is 1. The van der Waals surface area contributed by atoms with E-state index in [1.165, 1.54) is 0 Å². The van der Waals surface area contributed by atoms with Crippen molar-refractivity contribution in [1.29, 1.82) is 0 Å². The van der Waals surface area contributed by atoms with Gasteiger partial charge in [-0.25, -0.2) is 0 Å². The van der Waals surface area contributed by atoms with Crippen LogP contribution >= 0.6 is 0 Å². The number of carbonyl (C=O) groups excluding carboxylic acids is 3. The molecule has 6 nitrogen and oxygen atoms in total. The zero-order chi connectivity index (χ0) is 19.8. The Morgan fingerprint density at radius 2 is 1.74 bits per heavy atom. The minimum Gasteiger partial charge on any atom is -0.356 e. The van der Waals surface area contributed by atoms with Gasteiger partial charge < -0.3 is 15.5 Å². The van der Waals surface area contributed by atoms with Gasteiger partial charge in [0.15, 0.2) is 0 Å². The number of likely N-dealkylation sites (tertiary alicyclic amines) is 1. The molecule has 0 aromatic heterocycles. The lowest BCUT2D eigenvalue weighted by Crippen LogP contribution is -2.43. The number of hydrogen-bond acceptors (Lipinski definition) is 3. The maximum atomic E-state index is 12.7. The van der Waals surface area contributed by atoms with Crippen molar-refractivity contribution < 1.29 is 14.4 Å². The molecule has 0 unspecified atom stereocenters. The maximum Gasteiger partial charge on any atom is 0.253 e. The second-order valence-electron chi connectivity index (χ2n) is 7.58. The SMILES string of the molecule is CCCC(=O)Nc1ccc(C(=O)N2CCC(C(=O)NCC(C)C)CC2)cc1. The van der Waals surface area contributed by atoms with E-state index < -0.39 is 0 Å². The van der Waals surface area contributed by atoms with Crippen LogP contribution in [0.1, 0.15) is 56.8 Å². The molecule has 0 bridgehead atoms. The Labute approximate surface area is 161 Å². The van der Waals surface area contributed by atoms with Gasteiger partial charge in [0, 0.05) is 43.2 Å². The number of nitrogens with zero attached hydrogens (tertiary/aromatic N) is 1. The molecule has 0 saturated carbocycles. The molecule has 1 aliphatic rings. The van der Waals surface area contributed by atoms with E-state index in [0.29, 0.717) is 56.1 Å². The molecule has 0 spiro atoms. The molecular weight excluding hydrogens is 342 g/mol. The lowest BCUT2D eigenvalue weighted by atomic mass is 9.95. The zero-order valence-corrected chi connectivity index (χ0v) is 16.6. The summed E-state index contributed by atoms with van der Waals surface area (Å²) in [5.74, 6) is 0.481. The normalized spacial score (nSPS) is 14.9. The van der Waals surface area contributed by atoms with Gasteiger partial charge in [-0.15, -0.1) is 0 Å². The van der Waals surface area contributed by atoms with Crippen LogP contribution in [0.3, 0.4) is 0 Å². The highest BCUT2D eigenvalue weighted by Gasteiger charge is 2.27. The van der Waals surface area contributed by atoms with E-state index in [-0.39, 0.29) is 23.6 Å². The smallest absolute Gasteiger partial charge is 0.253 e. The van der Waals surface area contributed by atoms with E-state index >= 15 is 0 Å². The number of anilines is 1. The van der Waals surface area contributed by atoms with Crippen LogP contribution in [0.15, 0.2) is 24.3 Å². The van der Waals surface area contributed by atoms with Gasteiger partial charge in [-0.2, -0.15) is 0 Å². The first kappa shape index (κ1) is 20.9. The van der Waals surface area contributed by atoms with E-state index in [2.05, 4.69) is 24.5 Å². The fourth-order valence-corrected chi connectivity index (χ4v) is 3.12. The molecule has 148 valence electrons. The molecule has 1 saturated heterocycles. The number of nitrogens with one attached hydrogen (secondary N) is 2. The summed E-state index contributed by atoms with van der Waals surface area (Å²) < 4.78 is 0. The van der Waals surface area contributed by atoms with Crippen LogP contribution in [0, 0.1) is 11.8 Å². The van der Waals surface area contributed by atoms with Gasteiger partial charge in [-0.1, -0.05) is 20.8 Å². The number of rotatable bonds is 7. The predicted octanol–water partition coefficient (Wildman–Crippen LogP) is 3.05. The van der Waals surface area contributed by atoms with E-state index in [9.17, 15) is 14.4 Å². The summed E-state index contributed by atoms with van der Waals surface area (Å²) in [6.45, 7) is 7.98. The minimum atomic E-state index is -0.0255. The van der Waals surface area contributed by atoms with Gasteiger partial charge in [-0.05, 0) is 49.4 Å². The number of hydrogen-bond donors (Lipinski definition) is 2. The number of carbonyl (C=O) groups is 3. The second-order valence-corrected chi connectivity index (χ2v) is 7.58. The predicted molar refractivity (Wildman–Crippen MR) is 106 cm³/mol. The highest BCUT2D eigenvalue weighted by molar-refractivity contribution is 5.96. The topological polar surface area (TPSA) is 78.5 Å². The van der Waals surface area contributed by atoms with E-state index in [1.54, 1.807) is 29.2 Å². The van der Waals surface area contributed by atoms with Crippen LogP contribution < -0.4 is 10.6 Å². The third-order valence-corrected chi connectivity index (χ3v) is 4.73. The van der Waals surface area contributed by atoms with Crippen LogP contribution in [0.5, 0.6) is 0 Å². The molecule has 1 aromatic carbocycles. The highest BCUT2D eigenvalue weighted by Crippen LogP contribution is 2.20. The van der Waals surface area contributed by atoms with Gasteiger partial charge in [0.25, 0.3) is 5.91 Å². The summed E-state index contributed by atoms with van der Waals surface area (Å²) in [7, 11) is 0.